The molecule has 1 aromatic rings. The zero-order chi connectivity index (χ0) is 13.5. The maximum absolute atomic E-state index is 11.8. The van der Waals surface area contributed by atoms with Gasteiger partial charge in [0.15, 0.2) is 6.04 Å². The fourth-order valence-electron chi connectivity index (χ4n) is 1.93. The lowest BCUT2D eigenvalue weighted by atomic mass is 10.0. The van der Waals surface area contributed by atoms with E-state index in [0.717, 1.165) is 24.0 Å². The van der Waals surface area contributed by atoms with Gasteiger partial charge < -0.3 is 4.74 Å². The minimum atomic E-state index is -0.568. The standard InChI is InChI=1S/C16H17NO2/c1-19-16(18)15(14-10-6-3-7-11-14)17-12-13-8-4-2-5-9-13/h2,4-6,8-12,15H,3,7H2,1H3. The van der Waals surface area contributed by atoms with Crippen LogP contribution in [0.2, 0.25) is 0 Å². The van der Waals surface area contributed by atoms with Crippen molar-refractivity contribution in [2.45, 2.75) is 18.9 Å². The Morgan fingerprint density at radius 2 is 2.11 bits per heavy atom. The summed E-state index contributed by atoms with van der Waals surface area (Å²) < 4.78 is 4.83. The van der Waals surface area contributed by atoms with Crippen LogP contribution in [0.5, 0.6) is 0 Å². The summed E-state index contributed by atoms with van der Waals surface area (Å²) in [6, 6.07) is 9.15. The number of aliphatic imine (C=N–C) groups is 1. The first-order valence-corrected chi connectivity index (χ1v) is 6.34. The minimum absolute atomic E-state index is 0.329. The Labute approximate surface area is 113 Å². The van der Waals surface area contributed by atoms with Crippen LogP contribution >= 0.6 is 0 Å². The molecule has 19 heavy (non-hydrogen) atoms. The molecule has 1 atom stereocenters. The Balaban J connectivity index is 2.19. The molecule has 0 radical (unpaired) electrons. The first-order chi connectivity index (χ1) is 9.31. The molecule has 0 spiro atoms. The molecular weight excluding hydrogens is 238 g/mol. The summed E-state index contributed by atoms with van der Waals surface area (Å²) in [6.45, 7) is 0. The molecule has 1 aliphatic rings. The van der Waals surface area contributed by atoms with Gasteiger partial charge in [-0.1, -0.05) is 48.6 Å². The van der Waals surface area contributed by atoms with E-state index in [9.17, 15) is 4.79 Å². The van der Waals surface area contributed by atoms with Gasteiger partial charge in [0, 0.05) is 6.21 Å². The van der Waals surface area contributed by atoms with E-state index in [4.69, 9.17) is 4.74 Å². The predicted molar refractivity (Wildman–Crippen MR) is 76.3 cm³/mol. The first kappa shape index (κ1) is 13.3. The van der Waals surface area contributed by atoms with Gasteiger partial charge in [0.25, 0.3) is 0 Å². The molecule has 3 heteroatoms. The van der Waals surface area contributed by atoms with Gasteiger partial charge in [0.1, 0.15) is 0 Å². The second kappa shape index (κ2) is 6.69. The quantitative estimate of drug-likeness (QED) is 0.613. The van der Waals surface area contributed by atoms with Crippen LogP contribution in [0.1, 0.15) is 18.4 Å². The topological polar surface area (TPSA) is 38.7 Å². The predicted octanol–water partition coefficient (Wildman–Crippen LogP) is 2.92. The average Bonchev–Trinajstić information content (AvgIpc) is 2.49. The van der Waals surface area contributed by atoms with E-state index in [-0.39, 0.29) is 5.97 Å². The molecule has 0 aliphatic heterocycles. The summed E-state index contributed by atoms with van der Waals surface area (Å²) in [5.74, 6) is -0.329. The zero-order valence-electron chi connectivity index (χ0n) is 11.0. The van der Waals surface area contributed by atoms with Crippen molar-refractivity contribution in [3.05, 3.63) is 59.7 Å². The van der Waals surface area contributed by atoms with Crippen molar-refractivity contribution in [1.82, 2.24) is 0 Å². The second-order valence-corrected chi connectivity index (χ2v) is 4.30. The zero-order valence-corrected chi connectivity index (χ0v) is 11.0. The number of ether oxygens (including phenoxy) is 1. The Kier molecular flexibility index (Phi) is 4.67. The van der Waals surface area contributed by atoms with E-state index in [2.05, 4.69) is 11.1 Å². The van der Waals surface area contributed by atoms with Gasteiger partial charge in [-0.2, -0.15) is 0 Å². The molecule has 1 aromatic carbocycles. The van der Waals surface area contributed by atoms with Crippen LogP contribution in [-0.4, -0.2) is 25.3 Å². The van der Waals surface area contributed by atoms with Crippen molar-refractivity contribution in [2.75, 3.05) is 7.11 Å². The molecule has 1 aliphatic carbocycles. The molecule has 0 N–H and O–H groups in total. The van der Waals surface area contributed by atoms with Crippen molar-refractivity contribution >= 4 is 12.2 Å². The van der Waals surface area contributed by atoms with E-state index in [1.165, 1.54) is 7.11 Å². The molecule has 0 aromatic heterocycles. The Bertz CT molecular complexity index is 515. The van der Waals surface area contributed by atoms with E-state index in [1.54, 1.807) is 6.21 Å². The van der Waals surface area contributed by atoms with Gasteiger partial charge in [-0.05, 0) is 24.0 Å². The number of allylic oxidation sites excluding steroid dienone is 2. The van der Waals surface area contributed by atoms with E-state index < -0.39 is 6.04 Å². The summed E-state index contributed by atoms with van der Waals surface area (Å²) in [7, 11) is 1.39. The van der Waals surface area contributed by atoms with Gasteiger partial charge in [0.05, 0.1) is 7.11 Å². The maximum atomic E-state index is 11.8. The lowest BCUT2D eigenvalue weighted by Gasteiger charge is -2.13. The SMILES string of the molecule is COC(=O)C(N=Cc1ccccc1)C1=CCCC=C1. The van der Waals surface area contributed by atoms with Gasteiger partial charge in [0.2, 0.25) is 0 Å². The summed E-state index contributed by atoms with van der Waals surface area (Å²) >= 11 is 0. The molecular formula is C16H17NO2. The van der Waals surface area contributed by atoms with Crippen LogP contribution in [0.3, 0.4) is 0 Å². The molecule has 0 bridgehead atoms. The van der Waals surface area contributed by atoms with Crippen LogP contribution in [0.25, 0.3) is 0 Å². The van der Waals surface area contributed by atoms with Gasteiger partial charge in [-0.3, -0.25) is 4.99 Å². The first-order valence-electron chi connectivity index (χ1n) is 6.34. The van der Waals surface area contributed by atoms with Crippen LogP contribution in [0, 0.1) is 0 Å². The summed E-state index contributed by atoms with van der Waals surface area (Å²) in [4.78, 5) is 16.2. The molecule has 0 heterocycles. The second-order valence-electron chi connectivity index (χ2n) is 4.30. The third kappa shape index (κ3) is 3.65. The van der Waals surface area contributed by atoms with Crippen molar-refractivity contribution in [3.8, 4) is 0 Å². The number of methoxy groups -OCH3 is 1. The fourth-order valence-corrected chi connectivity index (χ4v) is 1.93. The molecule has 0 saturated heterocycles. The molecule has 98 valence electrons. The Morgan fingerprint density at radius 3 is 2.74 bits per heavy atom. The smallest absolute Gasteiger partial charge is 0.335 e. The molecule has 0 saturated carbocycles. The summed E-state index contributed by atoms with van der Waals surface area (Å²) in [5, 5.41) is 0. The van der Waals surface area contributed by atoms with Crippen molar-refractivity contribution in [1.29, 1.82) is 0 Å². The summed E-state index contributed by atoms with van der Waals surface area (Å²) in [5.41, 5.74) is 1.88. The van der Waals surface area contributed by atoms with Crippen LogP contribution in [0.4, 0.5) is 0 Å². The molecule has 3 nitrogen and oxygen atoms in total. The highest BCUT2D eigenvalue weighted by atomic mass is 16.5. The Morgan fingerprint density at radius 1 is 1.32 bits per heavy atom. The third-order valence-corrected chi connectivity index (χ3v) is 2.94. The number of benzene rings is 1. The maximum Gasteiger partial charge on any atom is 0.335 e. The number of carbonyl (C=O) groups excluding carboxylic acids is 1. The van der Waals surface area contributed by atoms with Crippen LogP contribution in [-0.2, 0) is 9.53 Å². The van der Waals surface area contributed by atoms with Crippen molar-refractivity contribution in [3.63, 3.8) is 0 Å². The lowest BCUT2D eigenvalue weighted by Crippen LogP contribution is -2.22. The minimum Gasteiger partial charge on any atom is -0.467 e. The van der Waals surface area contributed by atoms with Crippen LogP contribution in [0.15, 0.2) is 59.1 Å². The third-order valence-electron chi connectivity index (χ3n) is 2.94. The number of carbonyl (C=O) groups is 1. The number of rotatable bonds is 4. The number of hydrogen-bond acceptors (Lipinski definition) is 3. The molecule has 1 unspecified atom stereocenters. The fraction of sp³-hybridized carbons (Fsp3) is 0.250. The van der Waals surface area contributed by atoms with Gasteiger partial charge in [-0.15, -0.1) is 0 Å². The molecule has 0 fully saturated rings. The highest BCUT2D eigenvalue weighted by Gasteiger charge is 2.21. The van der Waals surface area contributed by atoms with E-state index in [0.29, 0.717) is 0 Å². The van der Waals surface area contributed by atoms with Gasteiger partial charge in [-0.25, -0.2) is 4.79 Å². The normalized spacial score (nSPS) is 16.2. The summed E-state index contributed by atoms with van der Waals surface area (Å²) in [6.07, 6.45) is 9.73. The Hall–Kier alpha value is -2.16. The highest BCUT2D eigenvalue weighted by Crippen LogP contribution is 2.17. The van der Waals surface area contributed by atoms with Crippen LogP contribution < -0.4 is 0 Å². The monoisotopic (exact) mass is 255 g/mol. The largest absolute Gasteiger partial charge is 0.467 e. The number of esters is 1. The number of nitrogens with zero attached hydrogens (tertiary/aromatic N) is 1. The van der Waals surface area contributed by atoms with Gasteiger partial charge >= 0.3 is 5.97 Å². The highest BCUT2D eigenvalue weighted by molar-refractivity contribution is 5.86. The number of hydrogen-bond donors (Lipinski definition) is 0. The van der Waals surface area contributed by atoms with E-state index >= 15 is 0 Å². The van der Waals surface area contributed by atoms with E-state index in [1.807, 2.05) is 42.5 Å². The van der Waals surface area contributed by atoms with Crippen molar-refractivity contribution in [2.24, 2.45) is 4.99 Å². The van der Waals surface area contributed by atoms with Crippen molar-refractivity contribution < 1.29 is 9.53 Å². The molecule has 2 rings (SSSR count). The lowest BCUT2D eigenvalue weighted by molar-refractivity contribution is -0.141. The molecule has 0 amide bonds. The average molecular weight is 255 g/mol.